The molecule has 0 aliphatic carbocycles. The second kappa shape index (κ2) is 7.72. The Morgan fingerprint density at radius 3 is 2.70 bits per heavy atom. The van der Waals surface area contributed by atoms with E-state index in [1.165, 1.54) is 11.1 Å². The maximum Gasteiger partial charge on any atom is 0.238 e. The molecule has 1 amide bonds. The lowest BCUT2D eigenvalue weighted by molar-refractivity contribution is -0.126. The van der Waals surface area contributed by atoms with Crippen LogP contribution in [-0.4, -0.2) is 34.0 Å². The molecule has 27 heavy (non-hydrogen) atoms. The molecule has 4 rings (SSSR count). The van der Waals surface area contributed by atoms with Crippen molar-refractivity contribution in [3.05, 3.63) is 83.0 Å². The van der Waals surface area contributed by atoms with Gasteiger partial charge in [0, 0.05) is 6.54 Å². The third-order valence-electron chi connectivity index (χ3n) is 4.92. The van der Waals surface area contributed by atoms with E-state index in [-0.39, 0.29) is 18.5 Å². The molecule has 1 aromatic heterocycles. The number of carbonyl (C=O) groups is 1. The molecular formula is C21H22N4O2. The van der Waals surface area contributed by atoms with Gasteiger partial charge >= 0.3 is 0 Å². The molecule has 0 saturated heterocycles. The molecule has 0 spiro atoms. The van der Waals surface area contributed by atoms with Crippen LogP contribution in [0.25, 0.3) is 0 Å². The number of amides is 1. The van der Waals surface area contributed by atoms with Crippen molar-refractivity contribution in [2.24, 2.45) is 0 Å². The second-order valence-corrected chi connectivity index (χ2v) is 6.89. The molecule has 138 valence electrons. The molecule has 0 fully saturated rings. The second-order valence-electron chi connectivity index (χ2n) is 6.89. The van der Waals surface area contributed by atoms with Gasteiger partial charge < -0.3 is 9.84 Å². The van der Waals surface area contributed by atoms with Crippen LogP contribution in [0.1, 0.15) is 28.4 Å². The van der Waals surface area contributed by atoms with E-state index in [0.717, 1.165) is 12.1 Å². The average Bonchev–Trinajstić information content (AvgIpc) is 3.13. The third kappa shape index (κ3) is 4.06. The maximum atomic E-state index is 12.7. The van der Waals surface area contributed by atoms with Gasteiger partial charge in [0.1, 0.15) is 0 Å². The predicted octanol–water partition coefficient (Wildman–Crippen LogP) is 2.33. The summed E-state index contributed by atoms with van der Waals surface area (Å²) in [5, 5.41) is 6.91. The van der Waals surface area contributed by atoms with Crippen LogP contribution >= 0.6 is 0 Å². The fourth-order valence-electron chi connectivity index (χ4n) is 3.43. The number of fused-ring (bicyclic) bond motifs is 1. The molecule has 1 atom stereocenters. The molecule has 0 radical (unpaired) electrons. The molecule has 1 unspecified atom stereocenters. The molecule has 1 aliphatic rings. The third-order valence-corrected chi connectivity index (χ3v) is 4.92. The first-order valence-corrected chi connectivity index (χ1v) is 9.09. The fraction of sp³-hybridized carbons (Fsp3) is 0.286. The number of carbonyl (C=O) groups excluding carboxylic acids is 1. The van der Waals surface area contributed by atoms with Crippen LogP contribution in [-0.2, 0) is 30.7 Å². The highest BCUT2D eigenvalue weighted by molar-refractivity contribution is 5.82. The molecule has 2 heterocycles. The van der Waals surface area contributed by atoms with E-state index < -0.39 is 0 Å². The Kier molecular flexibility index (Phi) is 4.98. The van der Waals surface area contributed by atoms with E-state index in [1.54, 1.807) is 0 Å². The maximum absolute atomic E-state index is 12.7. The van der Waals surface area contributed by atoms with Crippen LogP contribution in [0.2, 0.25) is 0 Å². The van der Waals surface area contributed by atoms with Crippen LogP contribution in [0.15, 0.2) is 59.1 Å². The van der Waals surface area contributed by atoms with E-state index in [0.29, 0.717) is 24.6 Å². The molecule has 1 N–H and O–H groups in total. The van der Waals surface area contributed by atoms with E-state index in [4.69, 9.17) is 4.52 Å². The fourth-order valence-corrected chi connectivity index (χ4v) is 3.43. The summed E-state index contributed by atoms with van der Waals surface area (Å²) in [4.78, 5) is 19.1. The summed E-state index contributed by atoms with van der Waals surface area (Å²) in [7, 11) is 1.98. The lowest BCUT2D eigenvalue weighted by Gasteiger charge is -2.32. The summed E-state index contributed by atoms with van der Waals surface area (Å²) in [6, 6.07) is 18.0. The average molecular weight is 362 g/mol. The summed E-state index contributed by atoms with van der Waals surface area (Å²) in [5.74, 6) is 1.03. The molecule has 6 nitrogen and oxygen atoms in total. The minimum absolute atomic E-state index is 0.0126. The monoisotopic (exact) mass is 362 g/mol. The Labute approximate surface area is 158 Å². The van der Waals surface area contributed by atoms with Crippen molar-refractivity contribution in [3.8, 4) is 0 Å². The first-order valence-electron chi connectivity index (χ1n) is 9.09. The van der Waals surface area contributed by atoms with Gasteiger partial charge in [-0.2, -0.15) is 4.98 Å². The van der Waals surface area contributed by atoms with Gasteiger partial charge in [-0.25, -0.2) is 0 Å². The first kappa shape index (κ1) is 17.4. The van der Waals surface area contributed by atoms with Gasteiger partial charge in [-0.1, -0.05) is 59.8 Å². The van der Waals surface area contributed by atoms with Crippen LogP contribution < -0.4 is 5.32 Å². The molecule has 3 aromatic rings. The number of nitrogens with one attached hydrogen (secondary N) is 1. The largest absolute Gasteiger partial charge is 0.347 e. The van der Waals surface area contributed by atoms with Gasteiger partial charge in [0.25, 0.3) is 0 Å². The number of rotatable bonds is 5. The minimum Gasteiger partial charge on any atom is -0.347 e. The van der Waals surface area contributed by atoms with Crippen LogP contribution in [0.5, 0.6) is 0 Å². The van der Waals surface area contributed by atoms with E-state index in [1.807, 2.05) is 49.5 Å². The number of nitrogens with zero attached hydrogens (tertiary/aromatic N) is 3. The smallest absolute Gasteiger partial charge is 0.238 e. The van der Waals surface area contributed by atoms with Gasteiger partial charge in [-0.3, -0.25) is 9.69 Å². The highest BCUT2D eigenvalue weighted by atomic mass is 16.5. The van der Waals surface area contributed by atoms with Gasteiger partial charge in [-0.15, -0.1) is 0 Å². The highest BCUT2D eigenvalue weighted by Crippen LogP contribution is 2.22. The quantitative estimate of drug-likeness (QED) is 0.754. The molecule has 6 heteroatoms. The molecule has 2 aromatic carbocycles. The summed E-state index contributed by atoms with van der Waals surface area (Å²) >= 11 is 0. The summed E-state index contributed by atoms with van der Waals surface area (Å²) < 4.78 is 5.29. The number of likely N-dealkylation sites (N-methyl/N-ethyl adjacent to an activating group) is 1. The summed E-state index contributed by atoms with van der Waals surface area (Å²) in [6.07, 6.45) is 1.30. The van der Waals surface area contributed by atoms with Gasteiger partial charge in [0.2, 0.25) is 11.8 Å². The Hall–Kier alpha value is -2.99. The lowest BCUT2D eigenvalue weighted by atomic mass is 9.94. The lowest BCUT2D eigenvalue weighted by Crippen LogP contribution is -2.48. The zero-order valence-electron chi connectivity index (χ0n) is 15.3. The van der Waals surface area contributed by atoms with Crippen molar-refractivity contribution in [2.75, 3.05) is 7.05 Å². The van der Waals surface area contributed by atoms with Crippen molar-refractivity contribution in [3.63, 3.8) is 0 Å². The van der Waals surface area contributed by atoms with E-state index >= 15 is 0 Å². The number of hydrogen-bond acceptors (Lipinski definition) is 5. The molecule has 0 bridgehead atoms. The van der Waals surface area contributed by atoms with Crippen LogP contribution in [0.4, 0.5) is 0 Å². The van der Waals surface area contributed by atoms with E-state index in [2.05, 4.69) is 32.5 Å². The highest BCUT2D eigenvalue weighted by Gasteiger charge is 2.28. The van der Waals surface area contributed by atoms with Gasteiger partial charge in [0.15, 0.2) is 5.82 Å². The zero-order valence-corrected chi connectivity index (χ0v) is 15.3. The van der Waals surface area contributed by atoms with Crippen LogP contribution in [0.3, 0.4) is 0 Å². The first-order chi connectivity index (χ1) is 13.2. The predicted molar refractivity (Wildman–Crippen MR) is 101 cm³/mol. The van der Waals surface area contributed by atoms with Crippen molar-refractivity contribution >= 4 is 5.91 Å². The Morgan fingerprint density at radius 2 is 1.89 bits per heavy atom. The van der Waals surface area contributed by atoms with Gasteiger partial charge in [0.05, 0.1) is 19.0 Å². The SMILES string of the molecule is CN1Cc2ccccc2CC1C(=O)NCc1noc(Cc2ccccc2)n1. The minimum atomic E-state index is -0.185. The number of hydrogen-bond donors (Lipinski definition) is 1. The Balaban J connectivity index is 1.34. The number of aromatic nitrogens is 2. The normalized spacial score (nSPS) is 16.7. The summed E-state index contributed by atoms with van der Waals surface area (Å²) in [6.45, 7) is 1.04. The van der Waals surface area contributed by atoms with Crippen molar-refractivity contribution < 1.29 is 9.32 Å². The van der Waals surface area contributed by atoms with E-state index in [9.17, 15) is 4.79 Å². The zero-order chi connectivity index (χ0) is 18.6. The summed E-state index contributed by atoms with van der Waals surface area (Å²) in [5.41, 5.74) is 3.63. The molecule has 0 saturated carbocycles. The molecule has 1 aliphatic heterocycles. The number of benzene rings is 2. The van der Waals surface area contributed by atoms with Crippen molar-refractivity contribution in [1.29, 1.82) is 0 Å². The topological polar surface area (TPSA) is 71.3 Å². The van der Waals surface area contributed by atoms with Gasteiger partial charge in [-0.05, 0) is 30.2 Å². The molecular weight excluding hydrogens is 340 g/mol. The van der Waals surface area contributed by atoms with Crippen molar-refractivity contribution in [2.45, 2.75) is 32.0 Å². The van der Waals surface area contributed by atoms with Crippen LogP contribution in [0, 0.1) is 0 Å². The standard InChI is InChI=1S/C21H22N4O2/c1-25-14-17-10-6-5-9-16(17)12-18(25)21(26)22-13-19-23-20(27-24-19)11-15-7-3-2-4-8-15/h2-10,18H,11-14H2,1H3,(H,22,26). The Morgan fingerprint density at radius 1 is 1.15 bits per heavy atom. The Bertz CT molecular complexity index is 923. The van der Waals surface area contributed by atoms with Crippen molar-refractivity contribution in [1.82, 2.24) is 20.4 Å².